The van der Waals surface area contributed by atoms with Crippen molar-refractivity contribution in [2.75, 3.05) is 5.32 Å². The number of carbonyl (C=O) groups excluding carboxylic acids is 2. The van der Waals surface area contributed by atoms with E-state index in [0.717, 1.165) is 27.5 Å². The van der Waals surface area contributed by atoms with Crippen molar-refractivity contribution in [3.63, 3.8) is 0 Å². The minimum absolute atomic E-state index is 0.278. The largest absolute Gasteiger partial charge is 0.361 e. The maximum Gasteiger partial charge on any atom is 0.262 e. The summed E-state index contributed by atoms with van der Waals surface area (Å²) in [7, 11) is 0. The zero-order valence-electron chi connectivity index (χ0n) is 16.4. The molecule has 5 aromatic rings. The summed E-state index contributed by atoms with van der Waals surface area (Å²) in [5, 5.41) is 8.55. The predicted molar refractivity (Wildman–Crippen MR) is 122 cm³/mol. The van der Waals surface area contributed by atoms with Crippen LogP contribution in [0, 0.1) is 0 Å². The van der Waals surface area contributed by atoms with Crippen LogP contribution >= 0.6 is 11.3 Å². The third-order valence-electron chi connectivity index (χ3n) is 5.10. The van der Waals surface area contributed by atoms with Crippen LogP contribution in [-0.2, 0) is 11.2 Å². The number of aromatic amines is 2. The van der Waals surface area contributed by atoms with Gasteiger partial charge in [0.15, 0.2) is 0 Å². The van der Waals surface area contributed by atoms with E-state index < -0.39 is 6.04 Å². The standard InChI is InChI=1S/C23H19N5O2S/c29-21(28-23-26-17-8-3-4-9-18(17)27-23)19(25-22(30)20-10-5-11-31-20)12-14-13-24-16-7-2-1-6-15(14)16/h1-11,13,19,24H,12H2,(H,25,30)(H2,26,27,28,29)/t19-/m0/s1. The number of rotatable bonds is 6. The van der Waals surface area contributed by atoms with Crippen molar-refractivity contribution in [3.8, 4) is 0 Å². The van der Waals surface area contributed by atoms with Crippen molar-refractivity contribution in [1.29, 1.82) is 0 Å². The Hall–Kier alpha value is -3.91. The van der Waals surface area contributed by atoms with E-state index in [1.807, 2.05) is 66.2 Å². The molecule has 154 valence electrons. The van der Waals surface area contributed by atoms with Crippen LogP contribution in [0.3, 0.4) is 0 Å². The molecule has 4 N–H and O–H groups in total. The molecule has 0 saturated carbocycles. The number of nitrogens with one attached hydrogen (secondary N) is 4. The molecule has 2 aromatic carbocycles. The molecular formula is C23H19N5O2S. The van der Waals surface area contributed by atoms with Crippen LogP contribution in [0.4, 0.5) is 5.95 Å². The van der Waals surface area contributed by atoms with Gasteiger partial charge in [-0.1, -0.05) is 36.4 Å². The van der Waals surface area contributed by atoms with Crippen LogP contribution in [-0.4, -0.2) is 32.8 Å². The van der Waals surface area contributed by atoms with Gasteiger partial charge in [0.05, 0.1) is 15.9 Å². The molecule has 0 aliphatic carbocycles. The van der Waals surface area contributed by atoms with E-state index in [4.69, 9.17) is 0 Å². The fraction of sp³-hybridized carbons (Fsp3) is 0.0870. The maximum atomic E-state index is 13.2. The van der Waals surface area contributed by atoms with Crippen LogP contribution in [0.1, 0.15) is 15.2 Å². The third kappa shape index (κ3) is 3.93. The summed E-state index contributed by atoms with van der Waals surface area (Å²) in [6.07, 6.45) is 2.22. The van der Waals surface area contributed by atoms with Gasteiger partial charge in [0.2, 0.25) is 11.9 Å². The lowest BCUT2D eigenvalue weighted by molar-refractivity contribution is -0.118. The highest BCUT2D eigenvalue weighted by Gasteiger charge is 2.24. The maximum absolute atomic E-state index is 13.2. The Labute approximate surface area is 181 Å². The second-order valence-electron chi connectivity index (χ2n) is 7.16. The lowest BCUT2D eigenvalue weighted by atomic mass is 10.0. The molecule has 0 bridgehead atoms. The Morgan fingerprint density at radius 2 is 1.81 bits per heavy atom. The van der Waals surface area contributed by atoms with Gasteiger partial charge in [0.25, 0.3) is 5.91 Å². The van der Waals surface area contributed by atoms with E-state index in [9.17, 15) is 9.59 Å². The fourth-order valence-electron chi connectivity index (χ4n) is 3.58. The molecule has 8 heteroatoms. The number of carbonyl (C=O) groups is 2. The normalized spacial score (nSPS) is 12.1. The van der Waals surface area contributed by atoms with E-state index in [-0.39, 0.29) is 11.8 Å². The van der Waals surface area contributed by atoms with Gasteiger partial charge >= 0.3 is 0 Å². The zero-order valence-corrected chi connectivity index (χ0v) is 17.2. The molecule has 7 nitrogen and oxygen atoms in total. The number of para-hydroxylation sites is 3. The highest BCUT2D eigenvalue weighted by atomic mass is 32.1. The van der Waals surface area contributed by atoms with Crippen molar-refractivity contribution < 1.29 is 9.59 Å². The Morgan fingerprint density at radius 1 is 1.00 bits per heavy atom. The first-order valence-electron chi connectivity index (χ1n) is 9.82. The Balaban J connectivity index is 1.42. The van der Waals surface area contributed by atoms with Gasteiger partial charge in [-0.25, -0.2) is 4.98 Å². The van der Waals surface area contributed by atoms with Crippen LogP contribution in [0.5, 0.6) is 0 Å². The summed E-state index contributed by atoms with van der Waals surface area (Å²) in [5.74, 6) is -0.269. The lowest BCUT2D eigenvalue weighted by Crippen LogP contribution is -2.45. The molecule has 31 heavy (non-hydrogen) atoms. The average Bonchev–Trinajstić information content (AvgIpc) is 3.53. The lowest BCUT2D eigenvalue weighted by Gasteiger charge is -2.17. The van der Waals surface area contributed by atoms with Gasteiger partial charge in [-0.2, -0.15) is 0 Å². The van der Waals surface area contributed by atoms with Crippen molar-refractivity contribution in [3.05, 3.63) is 82.7 Å². The molecule has 5 rings (SSSR count). The summed E-state index contributed by atoms with van der Waals surface area (Å²) in [4.78, 5) is 37.1. The Morgan fingerprint density at radius 3 is 2.61 bits per heavy atom. The number of hydrogen-bond acceptors (Lipinski definition) is 4. The first-order chi connectivity index (χ1) is 15.2. The second-order valence-corrected chi connectivity index (χ2v) is 8.11. The molecule has 0 radical (unpaired) electrons. The molecule has 3 heterocycles. The van der Waals surface area contributed by atoms with Crippen molar-refractivity contribution in [2.45, 2.75) is 12.5 Å². The minimum atomic E-state index is -0.776. The smallest absolute Gasteiger partial charge is 0.262 e. The van der Waals surface area contributed by atoms with E-state index >= 15 is 0 Å². The van der Waals surface area contributed by atoms with Gasteiger partial charge < -0.3 is 15.3 Å². The van der Waals surface area contributed by atoms with E-state index in [0.29, 0.717) is 17.2 Å². The van der Waals surface area contributed by atoms with Gasteiger partial charge in [-0.15, -0.1) is 11.3 Å². The van der Waals surface area contributed by atoms with Gasteiger partial charge in [0.1, 0.15) is 6.04 Å². The topological polar surface area (TPSA) is 103 Å². The quantitative estimate of drug-likeness (QED) is 0.327. The highest BCUT2D eigenvalue weighted by Crippen LogP contribution is 2.20. The minimum Gasteiger partial charge on any atom is -0.361 e. The number of hydrogen-bond donors (Lipinski definition) is 4. The number of anilines is 1. The van der Waals surface area contributed by atoms with Gasteiger partial charge in [0, 0.05) is 23.5 Å². The number of imidazole rings is 1. The fourth-order valence-corrected chi connectivity index (χ4v) is 4.21. The highest BCUT2D eigenvalue weighted by molar-refractivity contribution is 7.12. The molecular weight excluding hydrogens is 410 g/mol. The number of thiophene rings is 1. The number of aromatic nitrogens is 3. The van der Waals surface area contributed by atoms with E-state index in [1.165, 1.54) is 11.3 Å². The Kier molecular flexibility index (Phi) is 4.97. The molecule has 0 aliphatic rings. The predicted octanol–water partition coefficient (Wildman–Crippen LogP) is 4.09. The number of fused-ring (bicyclic) bond motifs is 2. The summed E-state index contributed by atoms with van der Waals surface area (Å²) in [6, 6.07) is 18.2. The number of amides is 2. The van der Waals surface area contributed by atoms with Crippen LogP contribution < -0.4 is 10.6 Å². The third-order valence-corrected chi connectivity index (χ3v) is 5.97. The molecule has 0 spiro atoms. The van der Waals surface area contributed by atoms with Crippen LogP contribution in [0.25, 0.3) is 21.9 Å². The molecule has 0 unspecified atom stereocenters. The van der Waals surface area contributed by atoms with Crippen molar-refractivity contribution in [1.82, 2.24) is 20.3 Å². The van der Waals surface area contributed by atoms with E-state index in [1.54, 1.807) is 6.07 Å². The van der Waals surface area contributed by atoms with Crippen LogP contribution in [0.15, 0.2) is 72.2 Å². The molecule has 0 fully saturated rings. The average molecular weight is 430 g/mol. The molecule has 1 atom stereocenters. The summed E-state index contributed by atoms with van der Waals surface area (Å²) in [5.41, 5.74) is 3.52. The summed E-state index contributed by atoms with van der Waals surface area (Å²) in [6.45, 7) is 0. The summed E-state index contributed by atoms with van der Waals surface area (Å²) >= 11 is 1.33. The summed E-state index contributed by atoms with van der Waals surface area (Å²) < 4.78 is 0. The number of H-pyrrole nitrogens is 2. The van der Waals surface area contributed by atoms with Crippen LogP contribution in [0.2, 0.25) is 0 Å². The SMILES string of the molecule is O=C(N[C@@H](Cc1c[nH]c2ccccc12)C(=O)Nc1nc2ccccc2[nH]1)c1cccs1. The number of benzene rings is 2. The Bertz CT molecular complexity index is 1340. The second kappa shape index (κ2) is 8.08. The first-order valence-corrected chi connectivity index (χ1v) is 10.7. The van der Waals surface area contributed by atoms with Gasteiger partial charge in [-0.05, 0) is 35.2 Å². The van der Waals surface area contributed by atoms with Crippen molar-refractivity contribution >= 4 is 51.0 Å². The molecule has 0 aliphatic heterocycles. The first kappa shape index (κ1) is 19.1. The monoisotopic (exact) mass is 429 g/mol. The zero-order chi connectivity index (χ0) is 21.2. The molecule has 0 saturated heterocycles. The van der Waals surface area contributed by atoms with Crippen molar-refractivity contribution in [2.24, 2.45) is 0 Å². The van der Waals surface area contributed by atoms with Gasteiger partial charge in [-0.3, -0.25) is 14.9 Å². The number of nitrogens with zero attached hydrogens (tertiary/aromatic N) is 1. The molecule has 3 aromatic heterocycles. The molecule has 2 amide bonds. The van der Waals surface area contributed by atoms with E-state index in [2.05, 4.69) is 25.6 Å².